The molecule has 0 unspecified atom stereocenters. The quantitative estimate of drug-likeness (QED) is 0.549. The van der Waals surface area contributed by atoms with E-state index in [4.69, 9.17) is 11.6 Å². The zero-order valence-corrected chi connectivity index (χ0v) is 8.10. The predicted octanol–water partition coefficient (Wildman–Crippen LogP) is 0.790. The number of aromatic nitrogens is 3. The number of nitrogens with zero attached hydrogens (tertiary/aromatic N) is 4. The summed E-state index contributed by atoms with van der Waals surface area (Å²) in [4.78, 5) is 25.3. The van der Waals surface area contributed by atoms with E-state index in [-0.39, 0.29) is 11.2 Å². The van der Waals surface area contributed by atoms with E-state index in [1.54, 1.807) is 6.92 Å². The Balaban J connectivity index is 2.64. The fourth-order valence-electron chi connectivity index (χ4n) is 0.621. The van der Waals surface area contributed by atoms with Gasteiger partial charge in [0.05, 0.1) is 6.61 Å². The van der Waals surface area contributed by atoms with Crippen molar-refractivity contribution in [2.45, 2.75) is 6.92 Å². The molecule has 1 heterocycles. The minimum absolute atomic E-state index is 0.0241. The lowest BCUT2D eigenvalue weighted by Gasteiger charge is -1.93. The number of hydrogen-bond donors (Lipinski definition) is 0. The molecule has 0 saturated carbocycles. The predicted molar refractivity (Wildman–Crippen MR) is 49.6 cm³/mol. The second-order valence-corrected chi connectivity index (χ2v) is 2.40. The van der Waals surface area contributed by atoms with Crippen molar-refractivity contribution in [1.29, 1.82) is 0 Å². The van der Waals surface area contributed by atoms with Gasteiger partial charge in [0.25, 0.3) is 5.95 Å². The Hall–Kier alpha value is -1.56. The Morgan fingerprint density at radius 2 is 2.50 bits per heavy atom. The molecule has 7 heteroatoms. The van der Waals surface area contributed by atoms with Gasteiger partial charge in [-0.15, -0.1) is 0 Å². The lowest BCUT2D eigenvalue weighted by molar-refractivity contribution is -0.134. The second-order valence-electron chi connectivity index (χ2n) is 2.06. The maximum Gasteiger partial charge on any atom is 0.349 e. The molecular formula is C7H7ClN4O2. The molecule has 0 spiro atoms. The normalized spacial score (nSPS) is 10.4. The van der Waals surface area contributed by atoms with Crippen LogP contribution < -0.4 is 0 Å². The van der Waals surface area contributed by atoms with Gasteiger partial charge < -0.3 is 4.74 Å². The van der Waals surface area contributed by atoms with Crippen LogP contribution in [0.2, 0.25) is 5.28 Å². The Kier molecular flexibility index (Phi) is 3.93. The third kappa shape index (κ3) is 3.44. The van der Waals surface area contributed by atoms with E-state index in [9.17, 15) is 4.79 Å². The number of halogens is 1. The lowest BCUT2D eigenvalue weighted by Crippen LogP contribution is -2.04. The molecule has 0 aliphatic heterocycles. The topological polar surface area (TPSA) is 77.3 Å². The summed E-state index contributed by atoms with van der Waals surface area (Å²) in [7, 11) is 0. The largest absolute Gasteiger partial charge is 0.462 e. The van der Waals surface area contributed by atoms with Crippen LogP contribution in [0.3, 0.4) is 0 Å². The van der Waals surface area contributed by atoms with Crippen LogP contribution in [-0.4, -0.2) is 33.7 Å². The van der Waals surface area contributed by atoms with Gasteiger partial charge in [-0.25, -0.2) is 14.8 Å². The fourth-order valence-corrected chi connectivity index (χ4v) is 0.740. The molecular weight excluding hydrogens is 208 g/mol. The molecule has 1 rings (SSSR count). The van der Waals surface area contributed by atoms with Crippen LogP contribution in [0.25, 0.3) is 0 Å². The summed E-state index contributed by atoms with van der Waals surface area (Å²) in [6.07, 6.45) is 2.18. The van der Waals surface area contributed by atoms with E-state index in [0.29, 0.717) is 6.61 Å². The first-order chi connectivity index (χ1) is 6.72. The number of ether oxygens (including phenoxy) is 1. The number of rotatable bonds is 3. The first kappa shape index (κ1) is 10.5. The van der Waals surface area contributed by atoms with E-state index in [1.807, 2.05) is 0 Å². The molecule has 0 bridgehead atoms. The number of aliphatic imine (C=N–C) groups is 1. The van der Waals surface area contributed by atoms with Crippen molar-refractivity contribution >= 4 is 29.7 Å². The third-order valence-corrected chi connectivity index (χ3v) is 1.28. The average Bonchev–Trinajstić information content (AvgIpc) is 2.15. The molecule has 6 nitrogen and oxygen atoms in total. The number of carbonyl (C=O) groups excluding carboxylic acids is 1. The zero-order chi connectivity index (χ0) is 10.4. The molecule has 0 radical (unpaired) electrons. The van der Waals surface area contributed by atoms with Crippen molar-refractivity contribution in [1.82, 2.24) is 15.0 Å². The smallest absolute Gasteiger partial charge is 0.349 e. The van der Waals surface area contributed by atoms with E-state index in [2.05, 4.69) is 24.7 Å². The van der Waals surface area contributed by atoms with Gasteiger partial charge in [-0.05, 0) is 18.5 Å². The van der Waals surface area contributed by atoms with E-state index in [1.165, 1.54) is 6.33 Å². The number of hydrogen-bond acceptors (Lipinski definition) is 6. The maximum absolute atomic E-state index is 10.8. The summed E-state index contributed by atoms with van der Waals surface area (Å²) < 4.78 is 4.60. The first-order valence-corrected chi connectivity index (χ1v) is 4.15. The summed E-state index contributed by atoms with van der Waals surface area (Å²) in [6, 6.07) is 0. The number of carbonyl (C=O) groups is 1. The van der Waals surface area contributed by atoms with E-state index in [0.717, 1.165) is 6.21 Å². The van der Waals surface area contributed by atoms with Crippen LogP contribution in [0, 0.1) is 0 Å². The Morgan fingerprint density at radius 3 is 3.14 bits per heavy atom. The highest BCUT2D eigenvalue weighted by Crippen LogP contribution is 2.04. The molecule has 0 N–H and O–H groups in total. The number of esters is 1. The molecule has 1 aromatic heterocycles. The molecule has 0 atom stereocenters. The van der Waals surface area contributed by atoms with E-state index < -0.39 is 5.97 Å². The monoisotopic (exact) mass is 214 g/mol. The molecule has 0 aromatic carbocycles. The molecule has 0 aliphatic rings. The fraction of sp³-hybridized carbons (Fsp3) is 0.286. The summed E-state index contributed by atoms with van der Waals surface area (Å²) in [5.41, 5.74) is 0. The van der Waals surface area contributed by atoms with Crippen LogP contribution in [0.5, 0.6) is 0 Å². The van der Waals surface area contributed by atoms with Gasteiger partial charge >= 0.3 is 5.97 Å². The molecule has 1 aromatic rings. The zero-order valence-electron chi connectivity index (χ0n) is 7.35. The van der Waals surface area contributed by atoms with Gasteiger partial charge in [0.1, 0.15) is 12.5 Å². The van der Waals surface area contributed by atoms with Gasteiger partial charge in [-0.2, -0.15) is 9.97 Å². The van der Waals surface area contributed by atoms with Crippen molar-refractivity contribution in [2.75, 3.05) is 6.61 Å². The van der Waals surface area contributed by atoms with Gasteiger partial charge in [-0.1, -0.05) is 0 Å². The van der Waals surface area contributed by atoms with Crippen molar-refractivity contribution in [3.63, 3.8) is 0 Å². The standard InChI is InChI=1S/C7H7ClN4O2/c1-2-14-5(13)3-9-7-11-4-10-6(8)12-7/h3-4H,2H2,1H3. The van der Waals surface area contributed by atoms with Gasteiger partial charge in [0.2, 0.25) is 5.28 Å². The molecule has 14 heavy (non-hydrogen) atoms. The van der Waals surface area contributed by atoms with Gasteiger partial charge in [0, 0.05) is 0 Å². The highest BCUT2D eigenvalue weighted by molar-refractivity contribution is 6.28. The molecule has 0 saturated heterocycles. The SMILES string of the molecule is CCOC(=O)C=Nc1ncnc(Cl)n1. The average molecular weight is 215 g/mol. The highest BCUT2D eigenvalue weighted by atomic mass is 35.5. The van der Waals surface area contributed by atoms with Crippen LogP contribution in [-0.2, 0) is 9.53 Å². The first-order valence-electron chi connectivity index (χ1n) is 3.77. The lowest BCUT2D eigenvalue weighted by atomic mass is 10.7. The van der Waals surface area contributed by atoms with E-state index >= 15 is 0 Å². The minimum atomic E-state index is -0.552. The molecule has 74 valence electrons. The second kappa shape index (κ2) is 5.23. The Labute approximate surface area is 85.0 Å². The summed E-state index contributed by atoms with van der Waals surface area (Å²) in [5.74, 6) is -0.484. The van der Waals surface area contributed by atoms with Gasteiger partial charge in [0.15, 0.2) is 0 Å². The molecule has 0 aliphatic carbocycles. The minimum Gasteiger partial charge on any atom is -0.462 e. The summed E-state index contributed by atoms with van der Waals surface area (Å²) in [5, 5.41) is 0.0241. The molecule has 0 fully saturated rings. The van der Waals surface area contributed by atoms with Gasteiger partial charge in [-0.3, -0.25) is 0 Å². The third-order valence-electron chi connectivity index (χ3n) is 1.10. The van der Waals surface area contributed by atoms with Crippen LogP contribution in [0.1, 0.15) is 6.92 Å². The summed E-state index contributed by atoms with van der Waals surface area (Å²) >= 11 is 5.47. The highest BCUT2D eigenvalue weighted by Gasteiger charge is 1.97. The Morgan fingerprint density at radius 1 is 1.71 bits per heavy atom. The van der Waals surface area contributed by atoms with Crippen molar-refractivity contribution in [3.8, 4) is 0 Å². The summed E-state index contributed by atoms with van der Waals surface area (Å²) in [6.45, 7) is 1.99. The van der Waals surface area contributed by atoms with Crippen LogP contribution in [0.4, 0.5) is 5.95 Å². The Bertz CT molecular complexity index is 355. The molecule has 0 amide bonds. The van der Waals surface area contributed by atoms with Crippen molar-refractivity contribution in [3.05, 3.63) is 11.6 Å². The van der Waals surface area contributed by atoms with Crippen molar-refractivity contribution in [2.24, 2.45) is 4.99 Å². The maximum atomic E-state index is 10.8. The van der Waals surface area contributed by atoms with Crippen LogP contribution >= 0.6 is 11.6 Å². The van der Waals surface area contributed by atoms with Crippen molar-refractivity contribution < 1.29 is 9.53 Å². The van der Waals surface area contributed by atoms with Crippen LogP contribution in [0.15, 0.2) is 11.3 Å².